The van der Waals surface area contributed by atoms with E-state index >= 15 is 0 Å². The Morgan fingerprint density at radius 3 is 2.69 bits per heavy atom. The van der Waals surface area contributed by atoms with Gasteiger partial charge in [0.25, 0.3) is 0 Å². The fourth-order valence-electron chi connectivity index (χ4n) is 4.33. The van der Waals surface area contributed by atoms with Gasteiger partial charge >= 0.3 is 0 Å². The number of ether oxygens (including phenoxy) is 3. The molecule has 2 fully saturated rings. The summed E-state index contributed by atoms with van der Waals surface area (Å²) in [5.41, 5.74) is 0. The first kappa shape index (κ1) is 23.0. The van der Waals surface area contributed by atoms with Gasteiger partial charge in [0, 0.05) is 31.5 Å². The predicted octanol–water partition coefficient (Wildman–Crippen LogP) is 5.18. The number of nitriles is 1. The zero-order valence-electron chi connectivity index (χ0n) is 18.9. The molecule has 164 valence electrons. The van der Waals surface area contributed by atoms with E-state index in [9.17, 15) is 0 Å². The first-order valence-electron chi connectivity index (χ1n) is 11.3. The molecule has 6 atom stereocenters. The quantitative estimate of drug-likeness (QED) is 0.437. The summed E-state index contributed by atoms with van der Waals surface area (Å²) in [6.07, 6.45) is 9.89. The van der Waals surface area contributed by atoms with Crippen LogP contribution in [0.15, 0.2) is 12.2 Å². The Balaban J connectivity index is 1.73. The molecule has 0 aromatic heterocycles. The van der Waals surface area contributed by atoms with Gasteiger partial charge < -0.3 is 18.6 Å². The average molecular weight is 422 g/mol. The highest BCUT2D eigenvalue weighted by molar-refractivity contribution is 6.74. The van der Waals surface area contributed by atoms with Crippen LogP contribution in [0.4, 0.5) is 0 Å². The number of hydrogen-bond donors (Lipinski definition) is 0. The molecule has 5 nitrogen and oxygen atoms in total. The molecular weight excluding hydrogens is 382 g/mol. The highest BCUT2D eigenvalue weighted by Gasteiger charge is 2.47. The van der Waals surface area contributed by atoms with Gasteiger partial charge in [-0.3, -0.25) is 0 Å². The van der Waals surface area contributed by atoms with Gasteiger partial charge in [0.05, 0.1) is 30.8 Å². The minimum atomic E-state index is -1.84. The summed E-state index contributed by atoms with van der Waals surface area (Å²) in [6, 6.07) is 2.27. The van der Waals surface area contributed by atoms with Crippen LogP contribution in [-0.2, 0) is 18.6 Å². The van der Waals surface area contributed by atoms with Crippen molar-refractivity contribution in [2.75, 3.05) is 13.2 Å². The van der Waals surface area contributed by atoms with Crippen LogP contribution in [0.2, 0.25) is 18.1 Å². The maximum Gasteiger partial charge on any atom is 0.191 e. The van der Waals surface area contributed by atoms with Crippen molar-refractivity contribution in [3.05, 3.63) is 12.2 Å². The second-order valence-corrected chi connectivity index (χ2v) is 15.2. The number of hydrogen-bond acceptors (Lipinski definition) is 5. The first-order valence-corrected chi connectivity index (χ1v) is 14.2. The van der Waals surface area contributed by atoms with Crippen LogP contribution in [0.5, 0.6) is 0 Å². The maximum atomic E-state index is 9.11. The molecule has 0 N–H and O–H groups in total. The van der Waals surface area contributed by atoms with Crippen LogP contribution in [0, 0.1) is 23.2 Å². The molecular formula is C23H39NO4Si. The molecule has 1 aliphatic carbocycles. The van der Waals surface area contributed by atoms with Crippen molar-refractivity contribution in [2.45, 2.75) is 102 Å². The van der Waals surface area contributed by atoms with E-state index in [2.05, 4.69) is 52.1 Å². The van der Waals surface area contributed by atoms with E-state index in [0.717, 1.165) is 38.7 Å². The van der Waals surface area contributed by atoms with Crippen molar-refractivity contribution in [2.24, 2.45) is 11.8 Å². The molecule has 3 rings (SSSR count). The summed E-state index contributed by atoms with van der Waals surface area (Å²) < 4.78 is 25.4. The second kappa shape index (κ2) is 9.61. The molecule has 3 aliphatic rings. The summed E-state index contributed by atoms with van der Waals surface area (Å²) in [5, 5.41) is 9.29. The molecule has 29 heavy (non-hydrogen) atoms. The molecule has 1 saturated heterocycles. The zero-order valence-corrected chi connectivity index (χ0v) is 19.9. The van der Waals surface area contributed by atoms with Gasteiger partial charge in [-0.25, -0.2) is 0 Å². The number of fused-ring (bicyclic) bond motifs is 1. The third-order valence-corrected chi connectivity index (χ3v) is 11.7. The van der Waals surface area contributed by atoms with E-state index in [0.29, 0.717) is 13.0 Å². The Bertz CT molecular complexity index is 603. The Morgan fingerprint density at radius 2 is 2.03 bits per heavy atom. The molecule has 0 bridgehead atoms. The van der Waals surface area contributed by atoms with Crippen molar-refractivity contribution in [3.8, 4) is 6.07 Å². The molecule has 0 amide bonds. The highest BCUT2D eigenvalue weighted by Crippen LogP contribution is 2.43. The highest BCUT2D eigenvalue weighted by atomic mass is 28.4. The Kier molecular flexibility index (Phi) is 7.61. The van der Waals surface area contributed by atoms with Crippen molar-refractivity contribution in [1.29, 1.82) is 5.26 Å². The number of rotatable bonds is 6. The van der Waals surface area contributed by atoms with Gasteiger partial charge in [-0.05, 0) is 43.8 Å². The van der Waals surface area contributed by atoms with Crippen molar-refractivity contribution < 1.29 is 18.6 Å². The van der Waals surface area contributed by atoms with Crippen LogP contribution in [0.25, 0.3) is 0 Å². The Hall–Kier alpha value is -0.713. The van der Waals surface area contributed by atoms with Gasteiger partial charge in [-0.15, -0.1) is 0 Å². The third kappa shape index (κ3) is 5.71. The van der Waals surface area contributed by atoms with Crippen LogP contribution in [-0.4, -0.2) is 46.1 Å². The summed E-state index contributed by atoms with van der Waals surface area (Å²) >= 11 is 0. The SMILES string of the molecule is CC(C)(C)[Si](C)(C)OC[C@@H]1[C@H]2C=CC[C@H](CC#N)O[C@H]2C[C@H]1OC1CCCCO1. The van der Waals surface area contributed by atoms with E-state index in [-0.39, 0.29) is 41.5 Å². The van der Waals surface area contributed by atoms with Crippen LogP contribution < -0.4 is 0 Å². The van der Waals surface area contributed by atoms with E-state index in [1.54, 1.807) is 0 Å². The van der Waals surface area contributed by atoms with E-state index < -0.39 is 8.32 Å². The topological polar surface area (TPSA) is 60.7 Å². The van der Waals surface area contributed by atoms with Crippen molar-refractivity contribution in [1.82, 2.24) is 0 Å². The third-order valence-electron chi connectivity index (χ3n) is 7.22. The Labute approximate surface area is 177 Å². The van der Waals surface area contributed by atoms with Crippen molar-refractivity contribution in [3.63, 3.8) is 0 Å². The van der Waals surface area contributed by atoms with E-state index in [4.69, 9.17) is 23.9 Å². The maximum absolute atomic E-state index is 9.11. The summed E-state index contributed by atoms with van der Waals surface area (Å²) in [5.74, 6) is 0.536. The van der Waals surface area contributed by atoms with Gasteiger partial charge in [-0.1, -0.05) is 32.9 Å². The minimum absolute atomic E-state index is 0.0158. The van der Waals surface area contributed by atoms with Crippen LogP contribution in [0.3, 0.4) is 0 Å². The lowest BCUT2D eigenvalue weighted by molar-refractivity contribution is -0.197. The summed E-state index contributed by atoms with van der Waals surface area (Å²) in [4.78, 5) is 0. The monoisotopic (exact) mass is 421 g/mol. The standard InChI is InChI=1S/C23H39NO4Si/c1-23(2,3)29(4,5)26-16-19-18-10-8-9-17(12-13-24)27-20(18)15-21(19)28-22-11-6-7-14-25-22/h8,10,17-22H,6-7,9,11-12,14-16H2,1-5H3/t17-,18-,19-,20+,21-,22?/m1/s1. The van der Waals surface area contributed by atoms with Gasteiger partial charge in [0.1, 0.15) is 0 Å². The molecule has 2 aliphatic heterocycles. The lowest BCUT2D eigenvalue weighted by Crippen LogP contribution is -2.44. The average Bonchev–Trinajstić information content (AvgIpc) is 2.83. The molecule has 0 aromatic carbocycles. The molecule has 0 radical (unpaired) electrons. The number of nitrogens with zero attached hydrogens (tertiary/aromatic N) is 1. The molecule has 1 saturated carbocycles. The Morgan fingerprint density at radius 1 is 1.24 bits per heavy atom. The molecule has 0 spiro atoms. The van der Waals surface area contributed by atoms with E-state index in [1.807, 2.05) is 0 Å². The van der Waals surface area contributed by atoms with Gasteiger partial charge in [0.15, 0.2) is 14.6 Å². The largest absolute Gasteiger partial charge is 0.416 e. The van der Waals surface area contributed by atoms with E-state index in [1.165, 1.54) is 0 Å². The zero-order chi connectivity index (χ0) is 21.1. The molecule has 0 aromatic rings. The van der Waals surface area contributed by atoms with Gasteiger partial charge in [0.2, 0.25) is 0 Å². The lowest BCUT2D eigenvalue weighted by atomic mass is 9.94. The fourth-order valence-corrected chi connectivity index (χ4v) is 5.37. The van der Waals surface area contributed by atoms with Crippen LogP contribution in [0.1, 0.15) is 59.3 Å². The second-order valence-electron chi connectivity index (χ2n) is 10.3. The molecule has 6 heteroatoms. The molecule has 2 heterocycles. The smallest absolute Gasteiger partial charge is 0.191 e. The fraction of sp³-hybridized carbons (Fsp3) is 0.870. The van der Waals surface area contributed by atoms with Crippen LogP contribution >= 0.6 is 0 Å². The van der Waals surface area contributed by atoms with Crippen molar-refractivity contribution >= 4 is 8.32 Å². The minimum Gasteiger partial charge on any atom is -0.416 e. The predicted molar refractivity (Wildman–Crippen MR) is 116 cm³/mol. The van der Waals surface area contributed by atoms with Gasteiger partial charge in [-0.2, -0.15) is 5.26 Å². The summed E-state index contributed by atoms with van der Waals surface area (Å²) in [7, 11) is -1.84. The summed E-state index contributed by atoms with van der Waals surface area (Å²) in [6.45, 7) is 12.9. The normalized spacial score (nSPS) is 35.7. The molecule has 1 unspecified atom stereocenters. The first-order chi connectivity index (χ1) is 13.7. The lowest BCUT2D eigenvalue weighted by Gasteiger charge is -2.38.